The van der Waals surface area contributed by atoms with Crippen LogP contribution in [0.3, 0.4) is 0 Å². The molecular weight excluding hydrogens is 228 g/mol. The van der Waals surface area contributed by atoms with Crippen LogP contribution in [0.15, 0.2) is 42.5 Å². The van der Waals surface area contributed by atoms with Crippen molar-refractivity contribution in [2.24, 2.45) is 0 Å². The second kappa shape index (κ2) is 6.49. The highest BCUT2D eigenvalue weighted by Crippen LogP contribution is 2.18. The number of nitro benzene ring substituents is 1. The highest BCUT2D eigenvalue weighted by atomic mass is 16.6. The lowest BCUT2D eigenvalue weighted by molar-refractivity contribution is -0.462. The van der Waals surface area contributed by atoms with Crippen LogP contribution in [0.4, 0.5) is 5.69 Å². The minimum Gasteiger partial charge on any atom is -0.258 e. The van der Waals surface area contributed by atoms with E-state index in [4.69, 9.17) is 0 Å². The molecule has 0 fully saturated rings. The number of hydrogen-bond acceptors (Lipinski definition) is 2. The van der Waals surface area contributed by atoms with Crippen LogP contribution in [0.1, 0.15) is 12.5 Å². The Kier molecular flexibility index (Phi) is 4.99. The van der Waals surface area contributed by atoms with Crippen LogP contribution >= 0.6 is 0 Å². The Balaban J connectivity index is 3.11. The summed E-state index contributed by atoms with van der Waals surface area (Å²) in [5, 5.41) is 10.9. The number of benzene rings is 1. The van der Waals surface area contributed by atoms with E-state index in [-0.39, 0.29) is 10.6 Å². The Hall–Kier alpha value is -2.23. The lowest BCUT2D eigenvalue weighted by atomic mass is 10.1. The molecule has 0 radical (unpaired) electrons. The van der Waals surface area contributed by atoms with Gasteiger partial charge < -0.3 is 0 Å². The molecule has 1 aromatic carbocycles. The molecule has 0 bridgehead atoms. The van der Waals surface area contributed by atoms with Crippen LogP contribution in [0.5, 0.6) is 0 Å². The Labute approximate surface area is 107 Å². The Morgan fingerprint density at radius 1 is 1.22 bits per heavy atom. The summed E-state index contributed by atoms with van der Waals surface area (Å²) in [6, 6.07) is 6.69. The van der Waals surface area contributed by atoms with Gasteiger partial charge >= 0.3 is 0 Å². The fraction of sp³-hybridized carbons (Fsp3) is 0.214. The zero-order chi connectivity index (χ0) is 13.5. The van der Waals surface area contributed by atoms with Crippen molar-refractivity contribution in [1.82, 2.24) is 0 Å². The second-order valence-electron chi connectivity index (χ2n) is 3.97. The van der Waals surface area contributed by atoms with Gasteiger partial charge in [0.2, 0.25) is 0 Å². The molecule has 1 rings (SSSR count). The third-order valence-electron chi connectivity index (χ3n) is 2.42. The first-order chi connectivity index (χ1) is 8.56. The van der Waals surface area contributed by atoms with Crippen LogP contribution < -0.4 is 0 Å². The first-order valence-corrected chi connectivity index (χ1v) is 5.64. The third kappa shape index (κ3) is 3.66. The number of rotatable bonds is 4. The van der Waals surface area contributed by atoms with E-state index in [1.54, 1.807) is 24.3 Å². The Bertz CT molecular complexity index is 524. The molecule has 0 aliphatic rings. The first kappa shape index (κ1) is 13.8. The second-order valence-corrected chi connectivity index (χ2v) is 3.97. The van der Waals surface area contributed by atoms with Crippen molar-refractivity contribution in [3.8, 4) is 0 Å². The molecule has 4 nitrogen and oxygen atoms in total. The lowest BCUT2D eigenvalue weighted by Crippen LogP contribution is -2.07. The normalized spacial score (nSPS) is 11.1. The Morgan fingerprint density at radius 3 is 2.44 bits per heavy atom. The van der Waals surface area contributed by atoms with Gasteiger partial charge in [-0.05, 0) is 19.1 Å². The monoisotopic (exact) mass is 245 g/mol. The van der Waals surface area contributed by atoms with Crippen LogP contribution in [0.2, 0.25) is 0 Å². The summed E-state index contributed by atoms with van der Waals surface area (Å²) in [4.78, 5) is 10.5. The highest BCUT2D eigenvalue weighted by Gasteiger charge is 2.09. The summed E-state index contributed by atoms with van der Waals surface area (Å²) >= 11 is 0. The van der Waals surface area contributed by atoms with Gasteiger partial charge in [0.15, 0.2) is 5.71 Å². The SMILES string of the molecule is C/C=C\C(/C=C/c1ccccc1[N+](=O)[O-])=[N+](C)C. The average molecular weight is 245 g/mol. The molecule has 0 aliphatic heterocycles. The molecule has 0 heterocycles. The summed E-state index contributed by atoms with van der Waals surface area (Å²) in [5.74, 6) is 0. The molecule has 0 aliphatic carbocycles. The summed E-state index contributed by atoms with van der Waals surface area (Å²) in [6.07, 6.45) is 7.50. The van der Waals surface area contributed by atoms with Gasteiger partial charge in [0.25, 0.3) is 5.69 Å². The zero-order valence-corrected chi connectivity index (χ0v) is 10.8. The van der Waals surface area contributed by atoms with E-state index in [1.807, 2.05) is 43.8 Å². The van der Waals surface area contributed by atoms with Crippen LogP contribution in [-0.2, 0) is 0 Å². The molecule has 0 saturated heterocycles. The van der Waals surface area contributed by atoms with Crippen molar-refractivity contribution in [1.29, 1.82) is 0 Å². The van der Waals surface area contributed by atoms with Crippen molar-refractivity contribution >= 4 is 17.5 Å². The minimum atomic E-state index is -0.370. The third-order valence-corrected chi connectivity index (χ3v) is 2.42. The highest BCUT2D eigenvalue weighted by molar-refractivity contribution is 6.03. The van der Waals surface area contributed by atoms with E-state index in [9.17, 15) is 10.1 Å². The van der Waals surface area contributed by atoms with E-state index in [2.05, 4.69) is 0 Å². The largest absolute Gasteiger partial charge is 0.276 e. The van der Waals surface area contributed by atoms with Gasteiger partial charge in [-0.25, -0.2) is 4.58 Å². The Morgan fingerprint density at radius 2 is 1.89 bits per heavy atom. The van der Waals surface area contributed by atoms with Crippen molar-refractivity contribution in [2.75, 3.05) is 14.1 Å². The molecule has 18 heavy (non-hydrogen) atoms. The van der Waals surface area contributed by atoms with Gasteiger partial charge in [-0.3, -0.25) is 10.1 Å². The molecule has 0 saturated carbocycles. The first-order valence-electron chi connectivity index (χ1n) is 5.64. The molecule has 94 valence electrons. The number of hydrogen-bond donors (Lipinski definition) is 0. The van der Waals surface area contributed by atoms with Crippen molar-refractivity contribution in [2.45, 2.75) is 6.92 Å². The van der Waals surface area contributed by atoms with E-state index in [1.165, 1.54) is 6.07 Å². The molecule has 1 aromatic rings. The molecule has 0 atom stereocenters. The number of para-hydroxylation sites is 1. The van der Waals surface area contributed by atoms with E-state index in [0.29, 0.717) is 5.56 Å². The van der Waals surface area contributed by atoms with E-state index >= 15 is 0 Å². The van der Waals surface area contributed by atoms with Crippen LogP contribution in [-0.4, -0.2) is 29.3 Å². The maximum absolute atomic E-state index is 10.9. The van der Waals surface area contributed by atoms with Gasteiger partial charge in [0.05, 0.1) is 10.5 Å². The number of nitro groups is 1. The topological polar surface area (TPSA) is 46.1 Å². The summed E-state index contributed by atoms with van der Waals surface area (Å²) < 4.78 is 1.95. The molecule has 4 heteroatoms. The molecule has 0 unspecified atom stereocenters. The average Bonchev–Trinajstić information content (AvgIpc) is 2.34. The van der Waals surface area contributed by atoms with Crippen molar-refractivity contribution in [3.05, 3.63) is 58.2 Å². The fourth-order valence-corrected chi connectivity index (χ4v) is 1.49. The maximum atomic E-state index is 10.9. The summed E-state index contributed by atoms with van der Waals surface area (Å²) in [6.45, 7) is 1.93. The quantitative estimate of drug-likeness (QED) is 0.354. The number of allylic oxidation sites excluding steroid dienone is 3. The lowest BCUT2D eigenvalue weighted by Gasteiger charge is -1.96. The van der Waals surface area contributed by atoms with Crippen LogP contribution in [0.25, 0.3) is 6.08 Å². The van der Waals surface area contributed by atoms with Gasteiger partial charge in [0.1, 0.15) is 14.1 Å². The molecule has 0 spiro atoms. The van der Waals surface area contributed by atoms with Gasteiger partial charge in [-0.2, -0.15) is 0 Å². The number of nitrogens with zero attached hydrogens (tertiary/aromatic N) is 2. The van der Waals surface area contributed by atoms with E-state index < -0.39 is 0 Å². The van der Waals surface area contributed by atoms with Gasteiger partial charge in [0, 0.05) is 18.2 Å². The molecule has 0 aromatic heterocycles. The minimum absolute atomic E-state index is 0.118. The van der Waals surface area contributed by atoms with Crippen molar-refractivity contribution in [3.63, 3.8) is 0 Å². The molecular formula is C14H17N2O2+. The van der Waals surface area contributed by atoms with Gasteiger partial charge in [-0.15, -0.1) is 0 Å². The van der Waals surface area contributed by atoms with Crippen molar-refractivity contribution < 1.29 is 9.50 Å². The molecule has 0 amide bonds. The van der Waals surface area contributed by atoms with E-state index in [0.717, 1.165) is 5.71 Å². The smallest absolute Gasteiger partial charge is 0.258 e. The zero-order valence-electron chi connectivity index (χ0n) is 10.8. The summed E-state index contributed by atoms with van der Waals surface area (Å²) in [5.41, 5.74) is 1.70. The van der Waals surface area contributed by atoms with Crippen LogP contribution in [0, 0.1) is 10.1 Å². The molecule has 0 N–H and O–H groups in total. The standard InChI is InChI=1S/C14H17N2O2/c1-4-7-13(15(2)3)11-10-12-8-5-6-9-14(12)16(17)18/h4-11H,1-3H3/q+1/b7-4-,11-10+. The fourth-order valence-electron chi connectivity index (χ4n) is 1.49. The summed E-state index contributed by atoms with van der Waals surface area (Å²) in [7, 11) is 3.86. The van der Waals surface area contributed by atoms with Gasteiger partial charge in [-0.1, -0.05) is 18.2 Å². The predicted molar refractivity (Wildman–Crippen MR) is 74.1 cm³/mol. The predicted octanol–water partition coefficient (Wildman–Crippen LogP) is 2.90. The maximum Gasteiger partial charge on any atom is 0.276 e.